The van der Waals surface area contributed by atoms with Gasteiger partial charge in [0.2, 0.25) is 5.91 Å². The SMILES string of the molecule is CCOC(=O)c1ccccc1NC(=O)Cc1cc(-c2ccccc2)on1. The van der Waals surface area contributed by atoms with Gasteiger partial charge < -0.3 is 14.6 Å². The van der Waals surface area contributed by atoms with Crippen LogP contribution >= 0.6 is 0 Å². The lowest BCUT2D eigenvalue weighted by molar-refractivity contribution is -0.115. The van der Waals surface area contributed by atoms with Crippen LogP contribution in [0.1, 0.15) is 23.0 Å². The second kappa shape index (κ2) is 8.11. The van der Waals surface area contributed by atoms with Crippen molar-refractivity contribution in [2.75, 3.05) is 11.9 Å². The molecule has 2 aromatic carbocycles. The van der Waals surface area contributed by atoms with E-state index in [4.69, 9.17) is 9.26 Å². The van der Waals surface area contributed by atoms with Crippen LogP contribution in [0.3, 0.4) is 0 Å². The van der Waals surface area contributed by atoms with Crippen molar-refractivity contribution in [3.05, 3.63) is 71.9 Å². The Labute approximate surface area is 150 Å². The number of para-hydroxylation sites is 1. The van der Waals surface area contributed by atoms with E-state index in [0.717, 1.165) is 5.56 Å². The lowest BCUT2D eigenvalue weighted by Gasteiger charge is -2.09. The molecule has 0 saturated heterocycles. The minimum Gasteiger partial charge on any atom is -0.462 e. The Morgan fingerprint density at radius 3 is 2.58 bits per heavy atom. The molecule has 0 fully saturated rings. The predicted octanol–water partition coefficient (Wildman–Crippen LogP) is 3.70. The van der Waals surface area contributed by atoms with Crippen molar-refractivity contribution in [3.63, 3.8) is 0 Å². The zero-order chi connectivity index (χ0) is 18.4. The summed E-state index contributed by atoms with van der Waals surface area (Å²) in [6.07, 6.45) is 0.0352. The van der Waals surface area contributed by atoms with Gasteiger partial charge >= 0.3 is 5.97 Å². The Bertz CT molecular complexity index is 903. The fraction of sp³-hybridized carbons (Fsp3) is 0.150. The van der Waals surface area contributed by atoms with E-state index in [2.05, 4.69) is 10.5 Å². The Morgan fingerprint density at radius 2 is 1.81 bits per heavy atom. The molecule has 26 heavy (non-hydrogen) atoms. The monoisotopic (exact) mass is 350 g/mol. The van der Waals surface area contributed by atoms with Crippen LogP contribution < -0.4 is 5.32 Å². The Morgan fingerprint density at radius 1 is 1.08 bits per heavy atom. The molecule has 1 amide bonds. The topological polar surface area (TPSA) is 81.4 Å². The molecule has 3 rings (SSSR count). The van der Waals surface area contributed by atoms with E-state index in [-0.39, 0.29) is 18.9 Å². The molecule has 6 nitrogen and oxygen atoms in total. The van der Waals surface area contributed by atoms with Crippen LogP contribution in [-0.4, -0.2) is 23.6 Å². The van der Waals surface area contributed by atoms with E-state index >= 15 is 0 Å². The molecule has 1 aromatic heterocycles. The first-order chi connectivity index (χ1) is 12.7. The minimum atomic E-state index is -0.476. The molecule has 0 aliphatic carbocycles. The lowest BCUT2D eigenvalue weighted by atomic mass is 10.1. The largest absolute Gasteiger partial charge is 0.462 e. The summed E-state index contributed by atoms with van der Waals surface area (Å²) >= 11 is 0. The van der Waals surface area contributed by atoms with Crippen LogP contribution in [0.25, 0.3) is 11.3 Å². The zero-order valence-corrected chi connectivity index (χ0v) is 14.3. The Hall–Kier alpha value is -3.41. The number of benzene rings is 2. The molecule has 0 spiro atoms. The third kappa shape index (κ3) is 4.16. The van der Waals surface area contributed by atoms with Crippen molar-refractivity contribution in [2.24, 2.45) is 0 Å². The summed E-state index contributed by atoms with van der Waals surface area (Å²) in [5.41, 5.74) is 2.12. The Kier molecular flexibility index (Phi) is 5.43. The van der Waals surface area contributed by atoms with Crippen molar-refractivity contribution in [2.45, 2.75) is 13.3 Å². The van der Waals surface area contributed by atoms with Crippen LogP contribution in [0, 0.1) is 0 Å². The standard InChI is InChI=1S/C20H18N2O4/c1-2-25-20(24)16-10-6-7-11-17(16)21-19(23)13-15-12-18(26-22-15)14-8-4-3-5-9-14/h3-12H,2,13H2,1H3,(H,21,23). The van der Waals surface area contributed by atoms with Crippen LogP contribution in [0.4, 0.5) is 5.69 Å². The van der Waals surface area contributed by atoms with Gasteiger partial charge in [0, 0.05) is 11.6 Å². The average Bonchev–Trinajstić information content (AvgIpc) is 3.11. The van der Waals surface area contributed by atoms with Gasteiger partial charge in [-0.2, -0.15) is 0 Å². The smallest absolute Gasteiger partial charge is 0.340 e. The summed E-state index contributed by atoms with van der Waals surface area (Å²) in [6.45, 7) is 2.00. The fourth-order valence-corrected chi connectivity index (χ4v) is 2.47. The molecule has 0 radical (unpaired) electrons. The molecule has 0 aliphatic heterocycles. The second-order valence-electron chi connectivity index (χ2n) is 5.54. The first-order valence-electron chi connectivity index (χ1n) is 8.24. The first-order valence-corrected chi connectivity index (χ1v) is 8.24. The molecule has 132 valence electrons. The van der Waals surface area contributed by atoms with Gasteiger partial charge in [0.05, 0.1) is 30.0 Å². The summed E-state index contributed by atoms with van der Waals surface area (Å²) < 4.78 is 10.3. The molecule has 0 aliphatic rings. The number of carbonyl (C=O) groups is 2. The number of hydrogen-bond acceptors (Lipinski definition) is 5. The average molecular weight is 350 g/mol. The van der Waals surface area contributed by atoms with Crippen molar-refractivity contribution in [3.8, 4) is 11.3 Å². The molecule has 0 unspecified atom stereocenters. The third-order valence-electron chi connectivity index (χ3n) is 3.66. The number of carbonyl (C=O) groups excluding carboxylic acids is 2. The van der Waals surface area contributed by atoms with Gasteiger partial charge in [-0.1, -0.05) is 47.6 Å². The normalized spacial score (nSPS) is 10.3. The van der Waals surface area contributed by atoms with E-state index < -0.39 is 5.97 Å². The summed E-state index contributed by atoms with van der Waals surface area (Å²) in [4.78, 5) is 24.3. The van der Waals surface area contributed by atoms with E-state index in [0.29, 0.717) is 22.7 Å². The van der Waals surface area contributed by atoms with Gasteiger partial charge in [-0.25, -0.2) is 4.79 Å². The second-order valence-corrected chi connectivity index (χ2v) is 5.54. The lowest BCUT2D eigenvalue weighted by Crippen LogP contribution is -2.17. The van der Waals surface area contributed by atoms with Crippen LogP contribution in [0.5, 0.6) is 0 Å². The maximum atomic E-state index is 12.3. The Balaban J connectivity index is 1.69. The molecule has 0 atom stereocenters. The van der Waals surface area contributed by atoms with Crippen molar-refractivity contribution in [1.29, 1.82) is 0 Å². The van der Waals surface area contributed by atoms with Crippen molar-refractivity contribution >= 4 is 17.6 Å². The highest BCUT2D eigenvalue weighted by atomic mass is 16.5. The highest BCUT2D eigenvalue weighted by molar-refractivity contribution is 6.01. The molecular formula is C20H18N2O4. The van der Waals surface area contributed by atoms with Gasteiger partial charge in [-0.3, -0.25) is 4.79 Å². The number of anilines is 1. The molecule has 0 bridgehead atoms. The zero-order valence-electron chi connectivity index (χ0n) is 14.3. The molecular weight excluding hydrogens is 332 g/mol. The van der Waals surface area contributed by atoms with Gasteiger partial charge in [0.15, 0.2) is 5.76 Å². The van der Waals surface area contributed by atoms with E-state index in [9.17, 15) is 9.59 Å². The van der Waals surface area contributed by atoms with Gasteiger partial charge in [-0.15, -0.1) is 0 Å². The summed E-state index contributed by atoms with van der Waals surface area (Å²) in [7, 11) is 0. The molecule has 1 heterocycles. The van der Waals surface area contributed by atoms with Crippen molar-refractivity contribution < 1.29 is 18.8 Å². The number of nitrogens with zero attached hydrogens (tertiary/aromatic N) is 1. The number of nitrogens with one attached hydrogen (secondary N) is 1. The summed E-state index contributed by atoms with van der Waals surface area (Å²) in [6, 6.07) is 18.0. The number of amides is 1. The number of ether oxygens (including phenoxy) is 1. The molecule has 0 saturated carbocycles. The fourth-order valence-electron chi connectivity index (χ4n) is 2.47. The minimum absolute atomic E-state index is 0.0352. The third-order valence-corrected chi connectivity index (χ3v) is 3.66. The number of esters is 1. The van der Waals surface area contributed by atoms with Gasteiger partial charge in [0.1, 0.15) is 0 Å². The van der Waals surface area contributed by atoms with Crippen LogP contribution in [0.15, 0.2) is 65.2 Å². The highest BCUT2D eigenvalue weighted by Gasteiger charge is 2.15. The summed E-state index contributed by atoms with van der Waals surface area (Å²) in [5.74, 6) is -0.175. The van der Waals surface area contributed by atoms with E-state index in [1.54, 1.807) is 37.3 Å². The van der Waals surface area contributed by atoms with Gasteiger partial charge in [0.25, 0.3) is 0 Å². The molecule has 1 N–H and O–H groups in total. The maximum Gasteiger partial charge on any atom is 0.340 e. The van der Waals surface area contributed by atoms with Crippen LogP contribution in [0.2, 0.25) is 0 Å². The van der Waals surface area contributed by atoms with E-state index in [1.807, 2.05) is 30.3 Å². The highest BCUT2D eigenvalue weighted by Crippen LogP contribution is 2.21. The molecule has 3 aromatic rings. The van der Waals surface area contributed by atoms with Crippen molar-refractivity contribution in [1.82, 2.24) is 5.16 Å². The maximum absolute atomic E-state index is 12.3. The van der Waals surface area contributed by atoms with Gasteiger partial charge in [-0.05, 0) is 19.1 Å². The van der Waals surface area contributed by atoms with Crippen LogP contribution in [-0.2, 0) is 16.0 Å². The first kappa shape index (κ1) is 17.4. The predicted molar refractivity (Wildman–Crippen MR) is 96.7 cm³/mol. The number of hydrogen-bond donors (Lipinski definition) is 1. The number of rotatable bonds is 6. The van der Waals surface area contributed by atoms with E-state index in [1.165, 1.54) is 0 Å². The molecule has 6 heteroatoms. The quantitative estimate of drug-likeness (QED) is 0.686. The number of aromatic nitrogens is 1. The summed E-state index contributed by atoms with van der Waals surface area (Å²) in [5, 5.41) is 6.66.